The molecule has 4 nitrogen and oxygen atoms in total. The molecule has 0 bridgehead atoms. The summed E-state index contributed by atoms with van der Waals surface area (Å²) in [5.74, 6) is 1.18. The van der Waals surface area contributed by atoms with Crippen molar-refractivity contribution in [1.82, 2.24) is 5.16 Å². The second-order valence-corrected chi connectivity index (χ2v) is 4.34. The lowest BCUT2D eigenvalue weighted by Gasteiger charge is -2.06. The summed E-state index contributed by atoms with van der Waals surface area (Å²) in [6, 6.07) is 0. The molecule has 0 aliphatic heterocycles. The fraction of sp³-hybridized carbons (Fsp3) is 0.545. The van der Waals surface area contributed by atoms with Gasteiger partial charge in [-0.2, -0.15) is 0 Å². The summed E-state index contributed by atoms with van der Waals surface area (Å²) >= 11 is 2.14. The highest BCUT2D eigenvalue weighted by atomic mass is 127. The zero-order chi connectivity index (χ0) is 12.0. The lowest BCUT2D eigenvalue weighted by molar-refractivity contribution is 0.114. The molecule has 0 aromatic carbocycles. The monoisotopic (exact) mass is 337 g/mol. The zero-order valence-electron chi connectivity index (χ0n) is 9.53. The molecule has 0 unspecified atom stereocenters. The van der Waals surface area contributed by atoms with Gasteiger partial charge in [0, 0.05) is 7.11 Å². The maximum Gasteiger partial charge on any atom is 0.268 e. The predicted octanol–water partition coefficient (Wildman–Crippen LogP) is 3.33. The largest absolute Gasteiger partial charge is 0.475 e. The summed E-state index contributed by atoms with van der Waals surface area (Å²) in [6.07, 6.45) is 3.49. The first-order valence-electron chi connectivity index (χ1n) is 5.17. The fourth-order valence-corrected chi connectivity index (χ4v) is 1.83. The third-order valence-electron chi connectivity index (χ3n) is 2.09. The number of methoxy groups -OCH3 is 1. The molecular weight excluding hydrogens is 321 g/mol. The highest BCUT2D eigenvalue weighted by Crippen LogP contribution is 2.30. The maximum absolute atomic E-state index is 5.49. The molecule has 1 aromatic rings. The Balaban J connectivity index is 2.71. The summed E-state index contributed by atoms with van der Waals surface area (Å²) in [5, 5.41) is 3.87. The second kappa shape index (κ2) is 6.90. The van der Waals surface area contributed by atoms with E-state index in [2.05, 4.69) is 41.3 Å². The Labute approximate surface area is 109 Å². The minimum atomic E-state index is -0.275. The van der Waals surface area contributed by atoms with Crippen LogP contribution >= 0.6 is 22.6 Å². The molecule has 0 aliphatic rings. The first-order chi connectivity index (χ1) is 7.74. The molecule has 0 radical (unpaired) electrons. The van der Waals surface area contributed by atoms with Crippen LogP contribution in [0.25, 0.3) is 0 Å². The van der Waals surface area contributed by atoms with E-state index in [1.807, 2.05) is 0 Å². The highest BCUT2D eigenvalue weighted by Gasteiger charge is 2.21. The van der Waals surface area contributed by atoms with E-state index < -0.39 is 0 Å². The van der Waals surface area contributed by atoms with Gasteiger partial charge in [0.1, 0.15) is 9.67 Å². The molecule has 16 heavy (non-hydrogen) atoms. The Morgan fingerprint density at radius 2 is 2.38 bits per heavy atom. The van der Waals surface area contributed by atoms with Crippen molar-refractivity contribution in [2.24, 2.45) is 0 Å². The standard InChI is InChI=1S/C11H16INO3/c1-4-6-7-15-11-9(12)10(16-13-11)8(5-2)14-3/h5,8H,2,4,6-7H2,1,3H3/t8-/m1/s1. The topological polar surface area (TPSA) is 44.5 Å². The van der Waals surface area contributed by atoms with Crippen LogP contribution in [0, 0.1) is 3.57 Å². The summed E-state index contributed by atoms with van der Waals surface area (Å²) in [7, 11) is 1.60. The number of ether oxygens (including phenoxy) is 2. The van der Waals surface area contributed by atoms with Gasteiger partial charge >= 0.3 is 0 Å². The number of aromatic nitrogens is 1. The van der Waals surface area contributed by atoms with E-state index in [1.165, 1.54) is 0 Å². The van der Waals surface area contributed by atoms with Gasteiger partial charge in [-0.1, -0.05) is 19.4 Å². The highest BCUT2D eigenvalue weighted by molar-refractivity contribution is 14.1. The lowest BCUT2D eigenvalue weighted by atomic mass is 10.3. The third kappa shape index (κ3) is 3.21. The minimum Gasteiger partial charge on any atom is -0.475 e. The van der Waals surface area contributed by atoms with Gasteiger partial charge in [-0.3, -0.25) is 0 Å². The molecule has 0 aliphatic carbocycles. The van der Waals surface area contributed by atoms with Crippen LogP contribution in [0.15, 0.2) is 17.2 Å². The Kier molecular flexibility index (Phi) is 5.83. The van der Waals surface area contributed by atoms with E-state index in [4.69, 9.17) is 14.0 Å². The Hall–Kier alpha value is -0.560. The average molecular weight is 337 g/mol. The van der Waals surface area contributed by atoms with Crippen LogP contribution in [0.1, 0.15) is 31.6 Å². The number of unbranched alkanes of at least 4 members (excludes halogenated alkanes) is 1. The number of hydrogen-bond acceptors (Lipinski definition) is 4. The molecule has 0 amide bonds. The van der Waals surface area contributed by atoms with Crippen LogP contribution in [0.2, 0.25) is 0 Å². The minimum absolute atomic E-state index is 0.275. The van der Waals surface area contributed by atoms with Gasteiger partial charge in [-0.15, -0.1) is 6.58 Å². The molecule has 0 fully saturated rings. The number of rotatable bonds is 7. The van der Waals surface area contributed by atoms with Crippen molar-refractivity contribution in [3.05, 3.63) is 22.0 Å². The average Bonchev–Trinajstić information content (AvgIpc) is 2.64. The molecular formula is C11H16INO3. The number of hydrogen-bond donors (Lipinski definition) is 0. The van der Waals surface area contributed by atoms with E-state index >= 15 is 0 Å². The van der Waals surface area contributed by atoms with Crippen molar-refractivity contribution < 1.29 is 14.0 Å². The van der Waals surface area contributed by atoms with Gasteiger partial charge in [0.15, 0.2) is 5.76 Å². The molecule has 5 heteroatoms. The van der Waals surface area contributed by atoms with Crippen LogP contribution in [-0.4, -0.2) is 18.9 Å². The molecule has 1 aromatic heterocycles. The molecule has 0 saturated heterocycles. The van der Waals surface area contributed by atoms with Crippen molar-refractivity contribution in [2.75, 3.05) is 13.7 Å². The fourth-order valence-electron chi connectivity index (χ4n) is 1.17. The Bertz CT molecular complexity index is 338. The molecule has 1 heterocycles. The van der Waals surface area contributed by atoms with E-state index in [9.17, 15) is 0 Å². The molecule has 90 valence electrons. The summed E-state index contributed by atoms with van der Waals surface area (Å²) in [6.45, 7) is 6.45. The van der Waals surface area contributed by atoms with E-state index in [0.717, 1.165) is 16.4 Å². The van der Waals surface area contributed by atoms with E-state index in [1.54, 1.807) is 13.2 Å². The third-order valence-corrected chi connectivity index (χ3v) is 3.09. The summed E-state index contributed by atoms with van der Waals surface area (Å²) < 4.78 is 16.7. The Morgan fingerprint density at radius 3 is 2.94 bits per heavy atom. The van der Waals surface area contributed by atoms with Gasteiger partial charge in [0.25, 0.3) is 5.88 Å². The molecule has 1 atom stereocenters. The van der Waals surface area contributed by atoms with Crippen LogP contribution in [0.3, 0.4) is 0 Å². The van der Waals surface area contributed by atoms with Crippen molar-refractivity contribution in [3.63, 3.8) is 0 Å². The van der Waals surface area contributed by atoms with Gasteiger partial charge < -0.3 is 14.0 Å². The van der Waals surface area contributed by atoms with Gasteiger partial charge in [-0.25, -0.2) is 0 Å². The maximum atomic E-state index is 5.49. The van der Waals surface area contributed by atoms with Crippen molar-refractivity contribution in [1.29, 1.82) is 0 Å². The molecule has 0 spiro atoms. The lowest BCUT2D eigenvalue weighted by Crippen LogP contribution is -2.00. The molecule has 0 saturated carbocycles. The molecule has 0 N–H and O–H groups in total. The van der Waals surface area contributed by atoms with E-state index in [-0.39, 0.29) is 6.10 Å². The zero-order valence-corrected chi connectivity index (χ0v) is 11.7. The Morgan fingerprint density at radius 1 is 1.62 bits per heavy atom. The number of nitrogens with zero attached hydrogens (tertiary/aromatic N) is 1. The van der Waals surface area contributed by atoms with Gasteiger partial charge in [-0.05, 0) is 34.2 Å². The summed E-state index contributed by atoms with van der Waals surface area (Å²) in [4.78, 5) is 0. The first kappa shape index (κ1) is 13.5. The number of halogens is 1. The van der Waals surface area contributed by atoms with Crippen molar-refractivity contribution in [2.45, 2.75) is 25.9 Å². The summed E-state index contributed by atoms with van der Waals surface area (Å²) in [5.41, 5.74) is 0. The quantitative estimate of drug-likeness (QED) is 0.435. The van der Waals surface area contributed by atoms with Crippen molar-refractivity contribution in [3.8, 4) is 5.88 Å². The second-order valence-electron chi connectivity index (χ2n) is 3.26. The van der Waals surface area contributed by atoms with Crippen molar-refractivity contribution >= 4 is 22.6 Å². The van der Waals surface area contributed by atoms with Crippen LogP contribution in [0.4, 0.5) is 0 Å². The normalized spacial score (nSPS) is 12.4. The van der Waals surface area contributed by atoms with Gasteiger partial charge in [0.2, 0.25) is 0 Å². The SMILES string of the molecule is C=C[C@@H](OC)c1onc(OCCCC)c1I. The first-order valence-corrected chi connectivity index (χ1v) is 6.25. The smallest absolute Gasteiger partial charge is 0.268 e. The van der Waals surface area contributed by atoms with Gasteiger partial charge in [0.05, 0.1) is 6.61 Å². The van der Waals surface area contributed by atoms with Crippen LogP contribution < -0.4 is 4.74 Å². The molecule has 1 rings (SSSR count). The van der Waals surface area contributed by atoms with Crippen LogP contribution in [-0.2, 0) is 4.74 Å². The van der Waals surface area contributed by atoms with E-state index in [0.29, 0.717) is 18.2 Å². The predicted molar refractivity (Wildman–Crippen MR) is 69.6 cm³/mol. The van der Waals surface area contributed by atoms with Crippen LogP contribution in [0.5, 0.6) is 5.88 Å².